The van der Waals surface area contributed by atoms with Crippen LogP contribution in [0.5, 0.6) is 0 Å². The first-order chi connectivity index (χ1) is 6.75. The Balaban J connectivity index is 0.00000112. The second-order valence-electron chi connectivity index (χ2n) is 3.68. The molecule has 0 bridgehead atoms. The van der Waals surface area contributed by atoms with Crippen molar-refractivity contribution in [3.8, 4) is 0 Å². The van der Waals surface area contributed by atoms with Gasteiger partial charge in [0.1, 0.15) is 0 Å². The summed E-state index contributed by atoms with van der Waals surface area (Å²) in [7, 11) is 0. The van der Waals surface area contributed by atoms with E-state index in [4.69, 9.17) is 10.2 Å². The summed E-state index contributed by atoms with van der Waals surface area (Å²) in [6.45, 7) is 2.14. The number of ketones is 1. The summed E-state index contributed by atoms with van der Waals surface area (Å²) in [6.07, 6.45) is 2.49. The van der Waals surface area contributed by atoms with E-state index in [1.165, 1.54) is 6.26 Å². The van der Waals surface area contributed by atoms with E-state index in [0.29, 0.717) is 12.3 Å². The topological polar surface area (TPSA) is 59.5 Å². The van der Waals surface area contributed by atoms with Crippen molar-refractivity contribution in [2.75, 3.05) is 19.6 Å². The first kappa shape index (κ1) is 12.2. The molecule has 1 unspecified atom stereocenters. The lowest BCUT2D eigenvalue weighted by Gasteiger charge is -2.12. The van der Waals surface area contributed by atoms with Crippen LogP contribution in [0.25, 0.3) is 0 Å². The van der Waals surface area contributed by atoms with Crippen LogP contribution in [0, 0.1) is 0 Å². The third kappa shape index (κ3) is 3.06. The molecule has 0 aromatic carbocycles. The molecule has 2 N–H and O–H groups in total. The molecule has 2 rings (SSSR count). The molecule has 0 saturated carbocycles. The summed E-state index contributed by atoms with van der Waals surface area (Å²) in [5.41, 5.74) is 5.74. The fourth-order valence-corrected chi connectivity index (χ4v) is 1.72. The zero-order valence-corrected chi connectivity index (χ0v) is 9.20. The number of furan rings is 1. The minimum Gasteiger partial charge on any atom is -0.461 e. The fourth-order valence-electron chi connectivity index (χ4n) is 1.72. The molecule has 0 radical (unpaired) electrons. The zero-order valence-electron chi connectivity index (χ0n) is 8.39. The van der Waals surface area contributed by atoms with Gasteiger partial charge in [-0.15, -0.1) is 12.4 Å². The van der Waals surface area contributed by atoms with E-state index < -0.39 is 0 Å². The summed E-state index contributed by atoms with van der Waals surface area (Å²) in [4.78, 5) is 13.7. The van der Waals surface area contributed by atoms with E-state index in [1.807, 2.05) is 0 Å². The second kappa shape index (κ2) is 5.30. The third-order valence-electron chi connectivity index (χ3n) is 2.47. The van der Waals surface area contributed by atoms with Crippen LogP contribution in [-0.4, -0.2) is 36.4 Å². The Morgan fingerprint density at radius 1 is 1.67 bits per heavy atom. The van der Waals surface area contributed by atoms with E-state index in [0.717, 1.165) is 19.5 Å². The van der Waals surface area contributed by atoms with Crippen LogP contribution in [0.3, 0.4) is 0 Å². The Bertz CT molecular complexity index is 313. The van der Waals surface area contributed by atoms with Crippen LogP contribution in [0.4, 0.5) is 0 Å². The van der Waals surface area contributed by atoms with E-state index in [1.54, 1.807) is 12.1 Å². The molecular formula is C10H15ClN2O2. The van der Waals surface area contributed by atoms with Gasteiger partial charge in [-0.3, -0.25) is 9.69 Å². The Labute approximate surface area is 94.8 Å². The lowest BCUT2D eigenvalue weighted by Crippen LogP contribution is -2.30. The maximum absolute atomic E-state index is 11.6. The van der Waals surface area contributed by atoms with Crippen molar-refractivity contribution in [2.45, 2.75) is 12.5 Å². The summed E-state index contributed by atoms with van der Waals surface area (Å²) < 4.78 is 5.02. The van der Waals surface area contributed by atoms with Crippen molar-refractivity contribution in [3.05, 3.63) is 24.2 Å². The van der Waals surface area contributed by atoms with Gasteiger partial charge in [0.05, 0.1) is 12.8 Å². The van der Waals surface area contributed by atoms with Gasteiger partial charge in [-0.25, -0.2) is 0 Å². The summed E-state index contributed by atoms with van der Waals surface area (Å²) >= 11 is 0. The highest BCUT2D eigenvalue weighted by Gasteiger charge is 2.22. The fraction of sp³-hybridized carbons (Fsp3) is 0.500. The molecule has 1 aliphatic heterocycles. The van der Waals surface area contributed by atoms with E-state index in [-0.39, 0.29) is 24.2 Å². The van der Waals surface area contributed by atoms with Crippen LogP contribution in [-0.2, 0) is 0 Å². The molecule has 84 valence electrons. The number of carbonyl (C=O) groups excluding carboxylic acids is 1. The molecule has 1 saturated heterocycles. The summed E-state index contributed by atoms with van der Waals surface area (Å²) in [5, 5.41) is 0. The van der Waals surface area contributed by atoms with E-state index in [2.05, 4.69) is 4.90 Å². The Hall–Kier alpha value is -0.840. The van der Waals surface area contributed by atoms with Crippen molar-refractivity contribution >= 4 is 18.2 Å². The number of Topliss-reactive ketones (excluding diaryl/α,β-unsaturated/α-hetero) is 1. The number of halogens is 1. The van der Waals surface area contributed by atoms with Gasteiger partial charge in [-0.05, 0) is 18.6 Å². The Morgan fingerprint density at radius 2 is 2.47 bits per heavy atom. The highest BCUT2D eigenvalue weighted by Crippen LogP contribution is 2.09. The SMILES string of the molecule is Cl.NC1CCN(CC(=O)c2ccco2)C1. The van der Waals surface area contributed by atoms with Crippen molar-refractivity contribution < 1.29 is 9.21 Å². The molecule has 4 nitrogen and oxygen atoms in total. The predicted molar refractivity (Wildman–Crippen MR) is 59.3 cm³/mol. The first-order valence-corrected chi connectivity index (χ1v) is 4.80. The number of nitrogens with zero attached hydrogens (tertiary/aromatic N) is 1. The van der Waals surface area contributed by atoms with Gasteiger partial charge in [0, 0.05) is 19.1 Å². The van der Waals surface area contributed by atoms with Gasteiger partial charge in [0.15, 0.2) is 5.76 Å². The minimum atomic E-state index is 0. The molecular weight excluding hydrogens is 216 g/mol. The molecule has 1 aliphatic rings. The highest BCUT2D eigenvalue weighted by atomic mass is 35.5. The number of nitrogens with two attached hydrogens (primary N) is 1. The Morgan fingerprint density at radius 3 is 3.00 bits per heavy atom. The van der Waals surface area contributed by atoms with Crippen molar-refractivity contribution in [2.24, 2.45) is 5.73 Å². The van der Waals surface area contributed by atoms with Crippen LogP contribution >= 0.6 is 12.4 Å². The molecule has 0 aliphatic carbocycles. The van der Waals surface area contributed by atoms with Gasteiger partial charge < -0.3 is 10.2 Å². The van der Waals surface area contributed by atoms with Gasteiger partial charge in [0.2, 0.25) is 5.78 Å². The average Bonchev–Trinajstić information content (AvgIpc) is 2.75. The lowest BCUT2D eigenvalue weighted by atomic mass is 10.3. The molecule has 15 heavy (non-hydrogen) atoms. The number of hydrogen-bond acceptors (Lipinski definition) is 4. The average molecular weight is 231 g/mol. The normalized spacial score (nSPS) is 21.3. The molecule has 0 amide bonds. The monoisotopic (exact) mass is 230 g/mol. The van der Waals surface area contributed by atoms with Gasteiger partial charge >= 0.3 is 0 Å². The molecule has 1 aromatic rings. The third-order valence-corrected chi connectivity index (χ3v) is 2.47. The molecule has 5 heteroatoms. The van der Waals surface area contributed by atoms with Crippen LogP contribution < -0.4 is 5.73 Å². The second-order valence-corrected chi connectivity index (χ2v) is 3.68. The standard InChI is InChI=1S/C10H14N2O2.ClH/c11-8-3-4-12(6-8)7-9(13)10-2-1-5-14-10;/h1-2,5,8H,3-4,6-7,11H2;1H. The molecule has 0 spiro atoms. The molecule has 1 fully saturated rings. The number of likely N-dealkylation sites (tertiary alicyclic amines) is 1. The minimum absolute atomic E-state index is 0. The van der Waals surface area contributed by atoms with Gasteiger partial charge in [-0.2, -0.15) is 0 Å². The van der Waals surface area contributed by atoms with E-state index >= 15 is 0 Å². The summed E-state index contributed by atoms with van der Waals surface area (Å²) in [6, 6.07) is 3.64. The maximum atomic E-state index is 11.6. The first-order valence-electron chi connectivity index (χ1n) is 4.80. The number of hydrogen-bond donors (Lipinski definition) is 1. The highest BCUT2D eigenvalue weighted by molar-refractivity contribution is 5.95. The number of rotatable bonds is 3. The van der Waals surface area contributed by atoms with Gasteiger partial charge in [0.25, 0.3) is 0 Å². The lowest BCUT2D eigenvalue weighted by molar-refractivity contribution is 0.0917. The van der Waals surface area contributed by atoms with Crippen molar-refractivity contribution in [1.82, 2.24) is 4.90 Å². The molecule has 2 heterocycles. The van der Waals surface area contributed by atoms with E-state index in [9.17, 15) is 4.79 Å². The van der Waals surface area contributed by atoms with Gasteiger partial charge in [-0.1, -0.05) is 0 Å². The van der Waals surface area contributed by atoms with Crippen LogP contribution in [0.15, 0.2) is 22.8 Å². The smallest absolute Gasteiger partial charge is 0.211 e. The Kier molecular flexibility index (Phi) is 4.32. The van der Waals surface area contributed by atoms with Crippen molar-refractivity contribution in [1.29, 1.82) is 0 Å². The van der Waals surface area contributed by atoms with Crippen LogP contribution in [0.1, 0.15) is 17.0 Å². The van der Waals surface area contributed by atoms with Crippen molar-refractivity contribution in [3.63, 3.8) is 0 Å². The van der Waals surface area contributed by atoms with Crippen LogP contribution in [0.2, 0.25) is 0 Å². The maximum Gasteiger partial charge on any atom is 0.211 e. The zero-order chi connectivity index (χ0) is 9.97. The molecule has 1 aromatic heterocycles. The number of carbonyl (C=O) groups is 1. The summed E-state index contributed by atoms with van der Waals surface area (Å²) in [5.74, 6) is 0.467. The quantitative estimate of drug-likeness (QED) is 0.785. The predicted octanol–water partition coefficient (Wildman–Crippen LogP) is 0.917. The largest absolute Gasteiger partial charge is 0.461 e. The molecule has 1 atom stereocenters.